The molecule has 156 valence electrons. The van der Waals surface area contributed by atoms with Gasteiger partial charge in [-0.1, -0.05) is 13.8 Å². The highest BCUT2D eigenvalue weighted by Crippen LogP contribution is 2.23. The minimum atomic E-state index is -2.51. The van der Waals surface area contributed by atoms with Crippen molar-refractivity contribution in [1.82, 2.24) is 24.7 Å². The van der Waals surface area contributed by atoms with Gasteiger partial charge in [-0.2, -0.15) is 0 Å². The van der Waals surface area contributed by atoms with Crippen LogP contribution in [0.2, 0.25) is 0 Å². The van der Waals surface area contributed by atoms with Crippen molar-refractivity contribution in [3.8, 4) is 17.1 Å². The van der Waals surface area contributed by atoms with Gasteiger partial charge in [0.15, 0.2) is 0 Å². The van der Waals surface area contributed by atoms with Crippen LogP contribution in [0, 0.1) is 0 Å². The molecule has 1 unspecified atom stereocenters. The van der Waals surface area contributed by atoms with Crippen molar-refractivity contribution in [3.63, 3.8) is 0 Å². The summed E-state index contributed by atoms with van der Waals surface area (Å²) in [5, 5.41) is 6.77. The third-order valence-corrected chi connectivity index (χ3v) is 4.41. The molecule has 0 bridgehead atoms. The van der Waals surface area contributed by atoms with E-state index in [2.05, 4.69) is 25.6 Å². The summed E-state index contributed by atoms with van der Waals surface area (Å²) in [6.07, 6.45) is 6.51. The van der Waals surface area contributed by atoms with E-state index in [-0.39, 0.29) is 0 Å². The topological polar surface area (TPSA) is 76.4 Å². The van der Waals surface area contributed by atoms with E-state index >= 15 is 0 Å². The first-order valence-corrected chi connectivity index (χ1v) is 9.87. The second kappa shape index (κ2) is 10.1. The molecular weight excluding hydrogens is 378 g/mol. The Morgan fingerprint density at radius 1 is 1.31 bits per heavy atom. The van der Waals surface area contributed by atoms with Gasteiger partial charge >= 0.3 is 0 Å². The summed E-state index contributed by atoms with van der Waals surface area (Å²) in [6.45, 7) is 5.32. The van der Waals surface area contributed by atoms with Gasteiger partial charge in [-0.15, -0.1) is 0 Å². The van der Waals surface area contributed by atoms with Crippen molar-refractivity contribution in [2.75, 3.05) is 25.0 Å². The number of hydrogen-bond acceptors (Lipinski definition) is 6. The predicted octanol–water partition coefficient (Wildman–Crippen LogP) is 3.63. The first-order valence-electron chi connectivity index (χ1n) is 9.87. The van der Waals surface area contributed by atoms with Gasteiger partial charge in [0, 0.05) is 24.8 Å². The average molecular weight is 404 g/mol. The van der Waals surface area contributed by atoms with Crippen molar-refractivity contribution < 1.29 is 13.5 Å². The van der Waals surface area contributed by atoms with Crippen LogP contribution < -0.4 is 15.4 Å². The van der Waals surface area contributed by atoms with Crippen LogP contribution in [0.3, 0.4) is 0 Å². The lowest BCUT2D eigenvalue weighted by Crippen LogP contribution is -2.38. The molecule has 3 aromatic rings. The lowest BCUT2D eigenvalue weighted by molar-refractivity contribution is 0.0819. The van der Waals surface area contributed by atoms with E-state index in [0.29, 0.717) is 29.0 Å². The Bertz CT molecular complexity index is 911. The van der Waals surface area contributed by atoms with E-state index in [0.717, 1.165) is 31.6 Å². The highest BCUT2D eigenvalue weighted by molar-refractivity contribution is 5.61. The average Bonchev–Trinajstić information content (AvgIpc) is 3.18. The molecule has 29 heavy (non-hydrogen) atoms. The predicted molar refractivity (Wildman–Crippen MR) is 109 cm³/mol. The first kappa shape index (κ1) is 20.9. The molecule has 3 aromatic heterocycles. The van der Waals surface area contributed by atoms with Crippen molar-refractivity contribution in [1.29, 1.82) is 0 Å². The lowest BCUT2D eigenvalue weighted by Gasteiger charge is -2.24. The summed E-state index contributed by atoms with van der Waals surface area (Å²) in [6, 6.07) is 3.58. The minimum Gasteiger partial charge on any atom is -0.487 e. The SMILES string of the molecule is CC.FC(F)COc1ccn2c(-c3cncc(NC4CCCNC4)n3)cnc2c1. The molecule has 1 fully saturated rings. The van der Waals surface area contributed by atoms with Crippen LogP contribution in [0.4, 0.5) is 14.6 Å². The summed E-state index contributed by atoms with van der Waals surface area (Å²) in [7, 11) is 0. The monoisotopic (exact) mass is 404 g/mol. The fourth-order valence-corrected chi connectivity index (χ4v) is 3.14. The van der Waals surface area contributed by atoms with Crippen LogP contribution >= 0.6 is 0 Å². The molecule has 0 aliphatic carbocycles. The highest BCUT2D eigenvalue weighted by atomic mass is 19.3. The van der Waals surface area contributed by atoms with Gasteiger partial charge in [-0.25, -0.2) is 18.7 Å². The fourth-order valence-electron chi connectivity index (χ4n) is 3.14. The summed E-state index contributed by atoms with van der Waals surface area (Å²) in [4.78, 5) is 13.3. The van der Waals surface area contributed by atoms with E-state index in [1.165, 1.54) is 0 Å². The molecule has 0 saturated carbocycles. The van der Waals surface area contributed by atoms with Crippen molar-refractivity contribution >= 4 is 11.5 Å². The zero-order valence-corrected chi connectivity index (χ0v) is 16.6. The first-order chi connectivity index (χ1) is 14.2. The zero-order valence-electron chi connectivity index (χ0n) is 16.6. The van der Waals surface area contributed by atoms with Gasteiger partial charge in [0.25, 0.3) is 6.43 Å². The van der Waals surface area contributed by atoms with Gasteiger partial charge in [0.05, 0.1) is 24.3 Å². The van der Waals surface area contributed by atoms with Crippen LogP contribution in [0.25, 0.3) is 17.0 Å². The van der Waals surface area contributed by atoms with Gasteiger partial charge in [0.1, 0.15) is 29.5 Å². The number of alkyl halides is 2. The maximum atomic E-state index is 12.3. The normalized spacial score (nSPS) is 16.4. The second-order valence-corrected chi connectivity index (χ2v) is 6.41. The fraction of sp³-hybridized carbons (Fsp3) is 0.450. The number of ether oxygens (including phenoxy) is 1. The molecule has 4 rings (SSSR count). The molecule has 0 amide bonds. The summed E-state index contributed by atoms with van der Waals surface area (Å²) < 4.78 is 31.5. The van der Waals surface area contributed by atoms with Gasteiger partial charge in [0.2, 0.25) is 0 Å². The standard InChI is InChI=1S/C18H20F2N6O.C2H6/c19-16(20)11-27-13-3-5-26-15(9-23-18(26)6-13)14-8-22-10-17(25-14)24-12-2-1-4-21-7-12;1-2/h3,5-6,8-10,12,16,21H,1-2,4,7,11H2,(H,24,25);1-2H3. The number of pyridine rings is 1. The molecule has 1 saturated heterocycles. The summed E-state index contributed by atoms with van der Waals surface area (Å²) in [5.74, 6) is 1.07. The number of rotatable bonds is 6. The minimum absolute atomic E-state index is 0.333. The Morgan fingerprint density at radius 2 is 2.17 bits per heavy atom. The molecular formula is C20H26F2N6O. The number of nitrogens with one attached hydrogen (secondary N) is 2. The van der Waals surface area contributed by atoms with E-state index in [1.54, 1.807) is 36.9 Å². The highest BCUT2D eigenvalue weighted by Gasteiger charge is 2.15. The Morgan fingerprint density at radius 3 is 2.93 bits per heavy atom. The Hall–Kier alpha value is -2.81. The van der Waals surface area contributed by atoms with E-state index < -0.39 is 13.0 Å². The third kappa shape index (κ3) is 5.38. The van der Waals surface area contributed by atoms with E-state index in [9.17, 15) is 8.78 Å². The maximum Gasteiger partial charge on any atom is 0.272 e. The third-order valence-electron chi connectivity index (χ3n) is 4.41. The summed E-state index contributed by atoms with van der Waals surface area (Å²) in [5.41, 5.74) is 2.04. The van der Waals surface area contributed by atoms with Crippen LogP contribution in [-0.4, -0.2) is 51.5 Å². The van der Waals surface area contributed by atoms with Crippen LogP contribution in [-0.2, 0) is 0 Å². The van der Waals surface area contributed by atoms with E-state index in [1.807, 2.05) is 18.2 Å². The van der Waals surface area contributed by atoms with Crippen LogP contribution in [0.5, 0.6) is 5.75 Å². The number of halogens is 2. The Labute approximate surface area is 168 Å². The molecule has 1 aliphatic rings. The zero-order chi connectivity index (χ0) is 20.6. The van der Waals surface area contributed by atoms with Gasteiger partial charge in [-0.3, -0.25) is 9.38 Å². The quantitative estimate of drug-likeness (QED) is 0.654. The molecule has 0 aromatic carbocycles. The van der Waals surface area contributed by atoms with Crippen LogP contribution in [0.15, 0.2) is 36.9 Å². The van der Waals surface area contributed by atoms with Crippen molar-refractivity contribution in [3.05, 3.63) is 36.9 Å². The number of hydrogen-bond donors (Lipinski definition) is 2. The summed E-state index contributed by atoms with van der Waals surface area (Å²) >= 11 is 0. The molecule has 0 spiro atoms. The lowest BCUT2D eigenvalue weighted by atomic mass is 10.1. The number of aromatic nitrogens is 4. The molecule has 0 radical (unpaired) electrons. The number of piperidine rings is 1. The number of anilines is 1. The Balaban J connectivity index is 0.00000117. The molecule has 2 N–H and O–H groups in total. The second-order valence-electron chi connectivity index (χ2n) is 6.41. The molecule has 7 nitrogen and oxygen atoms in total. The van der Waals surface area contributed by atoms with Gasteiger partial charge in [-0.05, 0) is 25.5 Å². The smallest absolute Gasteiger partial charge is 0.272 e. The molecule has 4 heterocycles. The number of fused-ring (bicyclic) bond motifs is 1. The Kier molecular flexibility index (Phi) is 7.29. The maximum absolute atomic E-state index is 12.3. The largest absolute Gasteiger partial charge is 0.487 e. The van der Waals surface area contributed by atoms with Crippen molar-refractivity contribution in [2.24, 2.45) is 0 Å². The van der Waals surface area contributed by atoms with Crippen molar-refractivity contribution in [2.45, 2.75) is 39.2 Å². The van der Waals surface area contributed by atoms with Crippen LogP contribution in [0.1, 0.15) is 26.7 Å². The molecule has 1 atom stereocenters. The molecule has 9 heteroatoms. The van der Waals surface area contributed by atoms with Gasteiger partial charge < -0.3 is 15.4 Å². The van der Waals surface area contributed by atoms with E-state index in [4.69, 9.17) is 4.74 Å². The molecule has 1 aliphatic heterocycles. The number of imidazole rings is 1. The number of nitrogens with zero attached hydrogens (tertiary/aromatic N) is 4.